The molecule has 1 saturated carbocycles. The maximum atomic E-state index is 15.4. The Morgan fingerprint density at radius 3 is 2.43 bits per heavy atom. The molecule has 13 heteroatoms. The zero-order valence-electron chi connectivity index (χ0n) is 41.8. The molecule has 3 aliphatic heterocycles. The summed E-state index contributed by atoms with van der Waals surface area (Å²) in [7, 11) is 5.76. The zero-order chi connectivity index (χ0) is 49.7. The Kier molecular flexibility index (Phi) is 13.9. The van der Waals surface area contributed by atoms with E-state index in [0.29, 0.717) is 49.8 Å². The number of cyclic esters (lactones) is 1. The number of Topliss-reactive ketones (excluding diaryl/α,β-unsaturated/α-hetero) is 1. The second kappa shape index (κ2) is 19.4. The number of hydrazine groups is 1. The molecule has 2 saturated heterocycles. The van der Waals surface area contributed by atoms with E-state index in [2.05, 4.69) is 105 Å². The summed E-state index contributed by atoms with van der Waals surface area (Å²) in [6.07, 6.45) is 3.78. The van der Waals surface area contributed by atoms with Crippen LogP contribution in [0.3, 0.4) is 0 Å². The minimum absolute atomic E-state index is 0.0396. The van der Waals surface area contributed by atoms with Gasteiger partial charge in [-0.1, -0.05) is 71.2 Å². The number of phenolic OH excluding ortho intramolecular Hbond substituents is 1. The standard InChI is InChI=1S/C56H70N6O7/c1-11-48(64)60-30-35(5)44(32-60)52(66)59(10)49(34(3)4)51(65)45-20-21-56(45)28-37-24-40(26-41(63)25-37)38-18-19-47-42(27-38)43(50(61(47)12-2)39-16-13-15-36(23-39)31-58(8)9)29-55(6,7)33-69-53(67)46-17-14-22-62(57-46)54(56)68/h11,13,15-16,18-19,23-27,34,44-46,49,57,63H,1,5,12,14,17,20-22,28-33H2,2-4,6-10H3/t44-,45?,46+,49+,56?/m1/s1. The molecule has 6 bridgehead atoms. The number of nitrogens with zero attached hydrogens (tertiary/aromatic N) is 5. The highest BCUT2D eigenvalue weighted by Crippen LogP contribution is 2.53. The van der Waals surface area contributed by atoms with Crippen LogP contribution >= 0.6 is 0 Å². The van der Waals surface area contributed by atoms with Gasteiger partial charge < -0.3 is 29.1 Å². The van der Waals surface area contributed by atoms with Crippen LogP contribution in [0.15, 0.2) is 85.5 Å². The van der Waals surface area contributed by atoms with Gasteiger partial charge in [0.2, 0.25) is 17.7 Å². The summed E-state index contributed by atoms with van der Waals surface area (Å²) < 4.78 is 8.56. The largest absolute Gasteiger partial charge is 0.508 e. The Balaban J connectivity index is 1.23. The summed E-state index contributed by atoms with van der Waals surface area (Å²) in [5, 5.41) is 14.1. The number of benzene rings is 3. The lowest BCUT2D eigenvalue weighted by Crippen LogP contribution is -2.65. The maximum absolute atomic E-state index is 15.4. The molecule has 366 valence electrons. The first-order valence-corrected chi connectivity index (χ1v) is 24.6. The van der Waals surface area contributed by atoms with Gasteiger partial charge in [0.25, 0.3) is 0 Å². The van der Waals surface area contributed by atoms with Crippen LogP contribution in [-0.2, 0) is 54.6 Å². The van der Waals surface area contributed by atoms with Gasteiger partial charge in [0.05, 0.1) is 29.7 Å². The van der Waals surface area contributed by atoms with E-state index in [0.717, 1.165) is 51.9 Å². The van der Waals surface area contributed by atoms with Gasteiger partial charge in [-0.2, -0.15) is 0 Å². The highest BCUT2D eigenvalue weighted by atomic mass is 16.5. The summed E-state index contributed by atoms with van der Waals surface area (Å²) >= 11 is 0. The van der Waals surface area contributed by atoms with E-state index in [-0.39, 0.29) is 61.3 Å². The number of aromatic hydroxyl groups is 1. The Morgan fingerprint density at radius 2 is 1.75 bits per heavy atom. The third kappa shape index (κ3) is 9.52. The molecule has 1 aromatic heterocycles. The molecule has 1 aliphatic carbocycles. The summed E-state index contributed by atoms with van der Waals surface area (Å²) in [5.41, 5.74) is 10.1. The van der Waals surface area contributed by atoms with Crippen LogP contribution in [0.1, 0.15) is 77.0 Å². The van der Waals surface area contributed by atoms with Crippen LogP contribution in [0.25, 0.3) is 33.3 Å². The van der Waals surface area contributed by atoms with E-state index in [1.165, 1.54) is 26.4 Å². The van der Waals surface area contributed by atoms with E-state index < -0.39 is 40.7 Å². The number of aryl methyl sites for hydroxylation is 1. The first kappa shape index (κ1) is 49.4. The number of ketones is 1. The normalized spacial score (nSPS) is 23.2. The van der Waals surface area contributed by atoms with Crippen molar-refractivity contribution in [2.75, 3.05) is 47.4 Å². The van der Waals surface area contributed by atoms with Crippen LogP contribution in [0.2, 0.25) is 0 Å². The highest BCUT2D eigenvalue weighted by molar-refractivity contribution is 5.99. The first-order chi connectivity index (χ1) is 32.7. The van der Waals surface area contributed by atoms with Crippen LogP contribution < -0.4 is 5.43 Å². The number of likely N-dealkylation sites (tertiary alicyclic amines) is 1. The third-order valence-electron chi connectivity index (χ3n) is 15.1. The number of amides is 3. The van der Waals surface area contributed by atoms with Crippen molar-refractivity contribution in [3.63, 3.8) is 0 Å². The number of phenols is 1. The van der Waals surface area contributed by atoms with Crippen molar-refractivity contribution in [3.05, 3.63) is 102 Å². The van der Waals surface area contributed by atoms with Crippen LogP contribution in [0.4, 0.5) is 0 Å². The predicted molar refractivity (Wildman–Crippen MR) is 269 cm³/mol. The Bertz CT molecular complexity index is 2720. The number of fused-ring (bicyclic) bond motifs is 6. The molecule has 3 aromatic carbocycles. The molecule has 3 amide bonds. The molecule has 2 unspecified atom stereocenters. The Labute approximate surface area is 407 Å². The van der Waals surface area contributed by atoms with Gasteiger partial charge in [0, 0.05) is 62.0 Å². The van der Waals surface area contributed by atoms with Gasteiger partial charge in [0.1, 0.15) is 11.8 Å². The highest BCUT2D eigenvalue weighted by Gasteiger charge is 2.59. The number of nitrogens with one attached hydrogen (secondary N) is 1. The van der Waals surface area contributed by atoms with E-state index in [4.69, 9.17) is 4.74 Å². The lowest BCUT2D eigenvalue weighted by atomic mass is 9.54. The van der Waals surface area contributed by atoms with Crippen molar-refractivity contribution < 1.29 is 33.8 Å². The Hall–Kier alpha value is -6.05. The number of rotatable bonds is 10. The fraction of sp³-hybridized carbons (Fsp3) is 0.482. The van der Waals surface area contributed by atoms with Gasteiger partial charge in [-0.25, -0.2) is 5.43 Å². The number of aromatic nitrogens is 1. The van der Waals surface area contributed by atoms with Crippen LogP contribution in [0.5, 0.6) is 5.75 Å². The molecule has 1 spiro atoms. The lowest BCUT2D eigenvalue weighted by molar-refractivity contribution is -0.170. The van der Waals surface area contributed by atoms with Crippen molar-refractivity contribution in [2.24, 2.45) is 28.6 Å². The second-order valence-electron chi connectivity index (χ2n) is 21.5. The molecule has 3 fully saturated rings. The van der Waals surface area contributed by atoms with Crippen LogP contribution in [0, 0.1) is 28.6 Å². The number of carbonyl (C=O) groups excluding carboxylic acids is 5. The van der Waals surface area contributed by atoms with E-state index in [1.807, 2.05) is 19.9 Å². The third-order valence-corrected chi connectivity index (χ3v) is 15.1. The van der Waals surface area contributed by atoms with Gasteiger partial charge in [-0.3, -0.25) is 29.0 Å². The summed E-state index contributed by atoms with van der Waals surface area (Å²) in [5.74, 6) is -3.31. The topological polar surface area (TPSA) is 145 Å². The molecule has 5 atom stereocenters. The summed E-state index contributed by atoms with van der Waals surface area (Å²) in [6.45, 7) is 20.2. The summed E-state index contributed by atoms with van der Waals surface area (Å²) in [6, 6.07) is 18.9. The van der Waals surface area contributed by atoms with Gasteiger partial charge in [-0.15, -0.1) is 0 Å². The van der Waals surface area contributed by atoms with Crippen molar-refractivity contribution in [3.8, 4) is 28.1 Å². The molecule has 2 N–H and O–H groups in total. The monoisotopic (exact) mass is 939 g/mol. The fourth-order valence-electron chi connectivity index (χ4n) is 11.7. The second-order valence-corrected chi connectivity index (χ2v) is 21.5. The summed E-state index contributed by atoms with van der Waals surface area (Å²) in [4.78, 5) is 76.7. The molecule has 4 aliphatic rings. The number of likely N-dealkylation sites (N-methyl/N-ethyl adjacent to an activating group) is 1. The quantitative estimate of drug-likeness (QED) is 0.0935. The van der Waals surface area contributed by atoms with Gasteiger partial charge >= 0.3 is 5.97 Å². The van der Waals surface area contributed by atoms with Gasteiger partial charge in [0.15, 0.2) is 5.78 Å². The van der Waals surface area contributed by atoms with E-state index >= 15 is 9.59 Å². The molecular formula is C56H70N6O7. The average Bonchev–Trinajstić information content (AvgIpc) is 3.84. The zero-order valence-corrected chi connectivity index (χ0v) is 41.8. The van der Waals surface area contributed by atoms with E-state index in [9.17, 15) is 19.5 Å². The maximum Gasteiger partial charge on any atom is 0.324 e. The number of hydrogen-bond donors (Lipinski definition) is 2. The minimum atomic E-state index is -1.26. The first-order valence-electron chi connectivity index (χ1n) is 24.6. The number of carbonyl (C=O) groups is 5. The molecule has 0 radical (unpaired) electrons. The number of esters is 1. The number of hydrogen-bond acceptors (Lipinski definition) is 9. The van der Waals surface area contributed by atoms with E-state index in [1.54, 1.807) is 19.2 Å². The fourth-order valence-corrected chi connectivity index (χ4v) is 11.7. The molecule has 8 rings (SSSR count). The molecule has 4 heterocycles. The predicted octanol–water partition coefficient (Wildman–Crippen LogP) is 7.58. The van der Waals surface area contributed by atoms with Crippen molar-refractivity contribution in [2.45, 2.75) is 98.3 Å². The van der Waals surface area contributed by atoms with Crippen LogP contribution in [-0.4, -0.2) is 118 Å². The van der Waals surface area contributed by atoms with Crippen molar-refractivity contribution in [1.82, 2.24) is 29.7 Å². The molecule has 69 heavy (non-hydrogen) atoms. The molecule has 13 nitrogen and oxygen atoms in total. The van der Waals surface area contributed by atoms with Gasteiger partial charge in [-0.05, 0) is 141 Å². The average molecular weight is 939 g/mol. The van der Waals surface area contributed by atoms with Crippen molar-refractivity contribution >= 4 is 40.4 Å². The van der Waals surface area contributed by atoms with Crippen molar-refractivity contribution in [1.29, 1.82) is 0 Å². The minimum Gasteiger partial charge on any atom is -0.508 e. The number of ether oxygens (including phenoxy) is 1. The SMILES string of the molecule is C=CC(=O)N1CC(=C)[C@H](C(=O)N(C)[C@H](C(=O)C2CCC23Cc2cc(O)cc(c2)-c2ccc4c(c2)c(c(-c2cccc(CN(C)C)c2)n4CC)CC(C)(C)COC(=O)[C@@H]2CCCN(N2)C3=O)C(C)C)C1. The molecule has 4 aromatic rings. The lowest BCUT2D eigenvalue weighted by Gasteiger charge is -2.52. The Morgan fingerprint density at radius 1 is 0.986 bits per heavy atom. The smallest absolute Gasteiger partial charge is 0.324 e. The molecular weight excluding hydrogens is 869 g/mol.